The van der Waals surface area contributed by atoms with Crippen molar-refractivity contribution < 1.29 is 9.48 Å². The van der Waals surface area contributed by atoms with Gasteiger partial charge in [0.2, 0.25) is 6.20 Å². The number of carbonyl (C=O) groups excluding carboxylic acids is 1. The molecule has 0 bridgehead atoms. The Morgan fingerprint density at radius 2 is 2.15 bits per heavy atom. The number of carbonyl (C=O) groups is 1. The van der Waals surface area contributed by atoms with Crippen LogP contribution in [-0.4, -0.2) is 10.6 Å². The summed E-state index contributed by atoms with van der Waals surface area (Å²) in [5, 5.41) is 1.13. The van der Waals surface area contributed by atoms with Crippen LogP contribution in [0.5, 0.6) is 0 Å². The van der Waals surface area contributed by atoms with Gasteiger partial charge in [0.05, 0.1) is 11.8 Å². The third kappa shape index (κ3) is 0.786. The summed E-state index contributed by atoms with van der Waals surface area (Å²) in [6, 6.07) is 7.96. The first-order chi connectivity index (χ1) is 6.36. The van der Waals surface area contributed by atoms with Crippen LogP contribution in [0.1, 0.15) is 11.2 Å². The molecule has 1 aromatic heterocycles. The molecule has 0 N–H and O–H groups in total. The van der Waals surface area contributed by atoms with E-state index in [9.17, 15) is 4.79 Å². The molecular weight excluding hydrogens is 164 g/mol. The summed E-state index contributed by atoms with van der Waals surface area (Å²) in [5.74, 6) is 0.196. The Balaban J connectivity index is 2.46. The number of hydrogen-bond acceptors (Lipinski definition) is 1. The lowest BCUT2D eigenvalue weighted by atomic mass is 10.2. The Morgan fingerprint density at radius 1 is 1.31 bits per heavy atom. The zero-order valence-electron chi connectivity index (χ0n) is 7.10. The summed E-state index contributed by atoms with van der Waals surface area (Å²) >= 11 is 0. The average molecular weight is 173 g/mol. The summed E-state index contributed by atoms with van der Waals surface area (Å²) in [6.45, 7) is 0.813. The molecule has 0 radical (unpaired) electrons. The fourth-order valence-electron chi connectivity index (χ4n) is 1.90. The molecule has 0 atom stereocenters. The quantitative estimate of drug-likeness (QED) is 0.545. The lowest BCUT2D eigenvalue weighted by Gasteiger charge is -1.88. The van der Waals surface area contributed by atoms with E-state index in [2.05, 4.69) is 0 Å². The van der Waals surface area contributed by atoms with Crippen LogP contribution in [0.3, 0.4) is 0 Å². The van der Waals surface area contributed by atoms with Crippen molar-refractivity contribution in [1.29, 1.82) is 0 Å². The largest absolute Gasteiger partial charge is 0.289 e. The van der Waals surface area contributed by atoms with Gasteiger partial charge in [0.15, 0.2) is 6.54 Å². The monoisotopic (exact) mass is 173 g/mol. The van der Waals surface area contributed by atoms with Crippen LogP contribution in [0.15, 0.2) is 30.5 Å². The van der Waals surface area contributed by atoms with E-state index in [1.807, 2.05) is 35.1 Å². The molecule has 64 valence electrons. The van der Waals surface area contributed by atoms with Crippen molar-refractivity contribution in [1.82, 2.24) is 4.68 Å². The number of rotatable bonds is 0. The van der Waals surface area contributed by atoms with Gasteiger partial charge in [-0.3, -0.25) is 4.79 Å². The smallest absolute Gasteiger partial charge is 0.268 e. The Labute approximate surface area is 75.2 Å². The van der Waals surface area contributed by atoms with E-state index in [4.69, 9.17) is 0 Å². The molecule has 0 saturated carbocycles. The van der Waals surface area contributed by atoms with Gasteiger partial charge in [-0.2, -0.15) is 0 Å². The predicted molar refractivity (Wildman–Crippen MR) is 47.4 cm³/mol. The minimum atomic E-state index is 0.196. The fourth-order valence-corrected chi connectivity index (χ4v) is 1.90. The molecule has 0 aliphatic carbocycles. The van der Waals surface area contributed by atoms with E-state index in [0.29, 0.717) is 6.42 Å². The fraction of sp³-hybridized carbons (Fsp3) is 0.200. The number of fused-ring (bicyclic) bond motifs is 3. The highest BCUT2D eigenvalue weighted by Crippen LogP contribution is 2.14. The SMILES string of the molecule is O=C1CC[n+]2cc3ccccc3n21. The molecular formula is C10H9N2O+. The highest BCUT2D eigenvalue weighted by Gasteiger charge is 2.28. The van der Waals surface area contributed by atoms with E-state index in [1.54, 1.807) is 4.68 Å². The van der Waals surface area contributed by atoms with Crippen LogP contribution < -0.4 is 4.68 Å². The second-order valence-corrected chi connectivity index (χ2v) is 3.31. The Morgan fingerprint density at radius 3 is 3.08 bits per heavy atom. The van der Waals surface area contributed by atoms with Gasteiger partial charge in [-0.25, -0.2) is 0 Å². The van der Waals surface area contributed by atoms with Crippen LogP contribution in [0.4, 0.5) is 0 Å². The van der Waals surface area contributed by atoms with Crippen LogP contribution in [0.25, 0.3) is 10.9 Å². The maximum Gasteiger partial charge on any atom is 0.289 e. The van der Waals surface area contributed by atoms with E-state index >= 15 is 0 Å². The van der Waals surface area contributed by atoms with Crippen LogP contribution >= 0.6 is 0 Å². The normalized spacial score (nSPS) is 15.2. The molecule has 0 amide bonds. The number of benzene rings is 1. The van der Waals surface area contributed by atoms with Gasteiger partial charge in [0.25, 0.3) is 5.91 Å². The topological polar surface area (TPSA) is 25.9 Å². The Hall–Kier alpha value is -1.64. The number of para-hydroxylation sites is 1. The number of nitrogens with zero attached hydrogens (tertiary/aromatic N) is 2. The Kier molecular flexibility index (Phi) is 1.15. The molecule has 3 nitrogen and oxygen atoms in total. The highest BCUT2D eigenvalue weighted by atomic mass is 16.2. The van der Waals surface area contributed by atoms with Crippen LogP contribution in [0.2, 0.25) is 0 Å². The predicted octanol–water partition coefficient (Wildman–Crippen LogP) is 0.973. The molecule has 2 heterocycles. The third-order valence-corrected chi connectivity index (χ3v) is 2.50. The van der Waals surface area contributed by atoms with Gasteiger partial charge in [-0.1, -0.05) is 16.8 Å². The zero-order valence-corrected chi connectivity index (χ0v) is 7.10. The van der Waals surface area contributed by atoms with Crippen LogP contribution in [0, 0.1) is 0 Å². The first-order valence-corrected chi connectivity index (χ1v) is 4.40. The summed E-state index contributed by atoms with van der Waals surface area (Å²) in [5.41, 5.74) is 1.02. The third-order valence-electron chi connectivity index (χ3n) is 2.50. The maximum atomic E-state index is 11.5. The second-order valence-electron chi connectivity index (χ2n) is 3.31. The first kappa shape index (κ1) is 6.83. The van der Waals surface area contributed by atoms with Gasteiger partial charge in [-0.05, 0) is 12.1 Å². The van der Waals surface area contributed by atoms with E-state index in [1.165, 1.54) is 0 Å². The molecule has 0 fully saturated rings. The van der Waals surface area contributed by atoms with Crippen LogP contribution in [-0.2, 0) is 6.54 Å². The number of aromatic nitrogens is 2. The van der Waals surface area contributed by atoms with Crippen molar-refractivity contribution >= 4 is 16.8 Å². The van der Waals surface area contributed by atoms with Crippen molar-refractivity contribution in [3.05, 3.63) is 30.5 Å². The molecule has 3 heteroatoms. The lowest BCUT2D eigenvalue weighted by Crippen LogP contribution is -2.37. The summed E-state index contributed by atoms with van der Waals surface area (Å²) < 4.78 is 3.74. The molecule has 0 spiro atoms. The molecule has 1 aliphatic heterocycles. The molecule has 1 aliphatic rings. The summed E-state index contributed by atoms with van der Waals surface area (Å²) in [6.07, 6.45) is 2.66. The number of hydrogen-bond donors (Lipinski definition) is 0. The molecule has 1 aromatic carbocycles. The maximum absolute atomic E-state index is 11.5. The molecule has 2 aromatic rings. The first-order valence-electron chi connectivity index (χ1n) is 4.40. The van der Waals surface area contributed by atoms with Crippen molar-refractivity contribution in [3.8, 4) is 0 Å². The minimum absolute atomic E-state index is 0.196. The van der Waals surface area contributed by atoms with Gasteiger partial charge in [0.1, 0.15) is 5.52 Å². The molecule has 0 unspecified atom stereocenters. The van der Waals surface area contributed by atoms with Gasteiger partial charge < -0.3 is 0 Å². The van der Waals surface area contributed by atoms with Gasteiger partial charge in [0, 0.05) is 0 Å². The molecule has 13 heavy (non-hydrogen) atoms. The van der Waals surface area contributed by atoms with Gasteiger partial charge in [-0.15, -0.1) is 4.68 Å². The van der Waals surface area contributed by atoms with Crippen molar-refractivity contribution in [2.24, 2.45) is 0 Å². The average Bonchev–Trinajstić information content (AvgIpc) is 2.66. The minimum Gasteiger partial charge on any atom is -0.268 e. The van der Waals surface area contributed by atoms with Gasteiger partial charge >= 0.3 is 0 Å². The number of aryl methyl sites for hydroxylation is 1. The van der Waals surface area contributed by atoms with Crippen molar-refractivity contribution in [2.75, 3.05) is 0 Å². The standard InChI is InChI=1S/C10H9N2O/c13-10-5-6-11-7-8-3-1-2-4-9(8)12(10)11/h1-4,7H,5-6H2/q+1. The lowest BCUT2D eigenvalue weighted by molar-refractivity contribution is -0.750. The second kappa shape index (κ2) is 2.19. The molecule has 0 saturated heterocycles. The highest BCUT2D eigenvalue weighted by molar-refractivity contribution is 5.90. The molecule has 3 rings (SSSR count). The van der Waals surface area contributed by atoms with Crippen molar-refractivity contribution in [2.45, 2.75) is 13.0 Å². The van der Waals surface area contributed by atoms with E-state index in [-0.39, 0.29) is 5.91 Å². The van der Waals surface area contributed by atoms with Crippen molar-refractivity contribution in [3.63, 3.8) is 0 Å². The summed E-state index contributed by atoms with van der Waals surface area (Å²) in [7, 11) is 0. The zero-order chi connectivity index (χ0) is 8.84. The van der Waals surface area contributed by atoms with E-state index < -0.39 is 0 Å². The van der Waals surface area contributed by atoms with E-state index in [0.717, 1.165) is 17.4 Å². The Bertz CT molecular complexity index is 499. The summed E-state index contributed by atoms with van der Waals surface area (Å²) in [4.78, 5) is 11.5.